The van der Waals surface area contributed by atoms with E-state index in [4.69, 9.17) is 11.6 Å². The monoisotopic (exact) mass is 199 g/mol. The van der Waals surface area contributed by atoms with Gasteiger partial charge in [0.25, 0.3) is 10.9 Å². The van der Waals surface area contributed by atoms with Gasteiger partial charge in [-0.3, -0.25) is 14.9 Å². The van der Waals surface area contributed by atoms with E-state index in [0.717, 1.165) is 6.07 Å². The second kappa shape index (κ2) is 3.53. The van der Waals surface area contributed by atoms with E-state index in [0.29, 0.717) is 5.56 Å². The number of nitrogens with zero attached hydrogens (tertiary/aromatic N) is 1. The minimum Gasteiger partial charge on any atom is -0.276 e. The van der Waals surface area contributed by atoms with Crippen molar-refractivity contribution in [3.63, 3.8) is 0 Å². The normalized spacial score (nSPS) is 9.69. The molecule has 0 aliphatic heterocycles. The topological polar surface area (TPSA) is 60.2 Å². The number of non-ortho nitro benzene ring substituents is 1. The summed E-state index contributed by atoms with van der Waals surface area (Å²) < 4.78 is 0. The molecule has 0 heterocycles. The minimum atomic E-state index is -0.688. The molecule has 0 aliphatic rings. The Bertz CT molecular complexity index is 343. The molecule has 0 N–H and O–H groups in total. The average Bonchev–Trinajstić information content (AvgIpc) is 2.03. The molecule has 0 bridgehead atoms. The summed E-state index contributed by atoms with van der Waals surface area (Å²) in [5, 5.41) is 9.69. The van der Waals surface area contributed by atoms with Crippen LogP contribution in [0.25, 0.3) is 0 Å². The molecule has 0 unspecified atom stereocenters. The van der Waals surface area contributed by atoms with Gasteiger partial charge in [-0.2, -0.15) is 0 Å². The van der Waals surface area contributed by atoms with E-state index in [1.807, 2.05) is 0 Å². The third-order valence-electron chi connectivity index (χ3n) is 1.50. The molecule has 13 heavy (non-hydrogen) atoms. The van der Waals surface area contributed by atoms with Crippen molar-refractivity contribution in [3.8, 4) is 0 Å². The predicted molar refractivity (Wildman–Crippen MR) is 48.0 cm³/mol. The van der Waals surface area contributed by atoms with Crippen LogP contribution in [0, 0.1) is 17.0 Å². The van der Waals surface area contributed by atoms with E-state index >= 15 is 0 Å². The Kier molecular flexibility index (Phi) is 2.63. The lowest BCUT2D eigenvalue weighted by atomic mass is 10.1. The van der Waals surface area contributed by atoms with Crippen LogP contribution in [-0.4, -0.2) is 10.2 Å². The Morgan fingerprint density at radius 2 is 2.08 bits per heavy atom. The van der Waals surface area contributed by atoms with Crippen LogP contribution >= 0.6 is 11.6 Å². The molecule has 1 aromatic carbocycles. The van der Waals surface area contributed by atoms with E-state index in [1.165, 1.54) is 12.1 Å². The molecule has 0 aromatic heterocycles. The zero-order chi connectivity index (χ0) is 10.0. The number of nitro benzene ring substituents is 1. The molecule has 4 nitrogen and oxygen atoms in total. The SMILES string of the molecule is Cc1cc(C(=O)Cl)cc([N+](=O)[O-])c1. The van der Waals surface area contributed by atoms with Crippen LogP contribution < -0.4 is 0 Å². The quantitative estimate of drug-likeness (QED) is 0.417. The summed E-state index contributed by atoms with van der Waals surface area (Å²) in [6.45, 7) is 1.66. The zero-order valence-electron chi connectivity index (χ0n) is 6.78. The summed E-state index contributed by atoms with van der Waals surface area (Å²) in [7, 11) is 0. The molecule has 0 atom stereocenters. The van der Waals surface area contributed by atoms with Crippen molar-refractivity contribution < 1.29 is 9.72 Å². The lowest BCUT2D eigenvalue weighted by Gasteiger charge is -1.97. The van der Waals surface area contributed by atoms with E-state index in [9.17, 15) is 14.9 Å². The van der Waals surface area contributed by atoms with Gasteiger partial charge < -0.3 is 0 Å². The van der Waals surface area contributed by atoms with Gasteiger partial charge in [-0.1, -0.05) is 0 Å². The predicted octanol–water partition coefficient (Wildman–Crippen LogP) is 2.28. The van der Waals surface area contributed by atoms with Gasteiger partial charge in [0.1, 0.15) is 0 Å². The van der Waals surface area contributed by atoms with Gasteiger partial charge in [0, 0.05) is 17.7 Å². The number of hydrogen-bond donors (Lipinski definition) is 0. The van der Waals surface area contributed by atoms with Gasteiger partial charge in [-0.25, -0.2) is 0 Å². The molecule has 1 rings (SSSR count). The summed E-state index contributed by atoms with van der Waals surface area (Å²) in [6, 6.07) is 4.04. The first-order valence-corrected chi connectivity index (χ1v) is 3.84. The van der Waals surface area contributed by atoms with Crippen molar-refractivity contribution in [2.45, 2.75) is 6.92 Å². The molecule has 0 amide bonds. The summed E-state index contributed by atoms with van der Waals surface area (Å²) >= 11 is 5.19. The van der Waals surface area contributed by atoms with E-state index in [2.05, 4.69) is 0 Å². The highest BCUT2D eigenvalue weighted by Crippen LogP contribution is 2.17. The fourth-order valence-corrected chi connectivity index (χ4v) is 1.09. The number of nitro groups is 1. The number of halogens is 1. The molecule has 68 valence electrons. The van der Waals surface area contributed by atoms with Gasteiger partial charge in [-0.05, 0) is 30.2 Å². The standard InChI is InChI=1S/C8H6ClNO3/c1-5-2-6(8(9)11)4-7(3-5)10(12)13/h2-4H,1H3. The van der Waals surface area contributed by atoms with Crippen LogP contribution in [-0.2, 0) is 0 Å². The first-order valence-electron chi connectivity index (χ1n) is 3.46. The third-order valence-corrected chi connectivity index (χ3v) is 1.72. The lowest BCUT2D eigenvalue weighted by Crippen LogP contribution is -1.94. The summed E-state index contributed by atoms with van der Waals surface area (Å²) in [5.74, 6) is 0. The highest BCUT2D eigenvalue weighted by atomic mass is 35.5. The molecule has 0 radical (unpaired) electrons. The molecule has 0 saturated carbocycles. The maximum Gasteiger partial charge on any atom is 0.270 e. The van der Waals surface area contributed by atoms with Crippen molar-refractivity contribution >= 4 is 22.5 Å². The summed E-state index contributed by atoms with van der Waals surface area (Å²) in [6.07, 6.45) is 0. The lowest BCUT2D eigenvalue weighted by molar-refractivity contribution is -0.384. The molecule has 0 saturated heterocycles. The highest BCUT2D eigenvalue weighted by Gasteiger charge is 2.10. The molecule has 1 aromatic rings. The van der Waals surface area contributed by atoms with E-state index in [-0.39, 0.29) is 11.3 Å². The van der Waals surface area contributed by atoms with Crippen LogP contribution in [0.1, 0.15) is 15.9 Å². The first-order chi connectivity index (χ1) is 6.00. The van der Waals surface area contributed by atoms with Gasteiger partial charge in [0.05, 0.1) is 4.92 Å². The summed E-state index contributed by atoms with van der Waals surface area (Å²) in [5.41, 5.74) is 0.663. The van der Waals surface area contributed by atoms with Crippen molar-refractivity contribution in [2.75, 3.05) is 0 Å². The maximum atomic E-state index is 10.7. The molecule has 0 aliphatic carbocycles. The number of hydrogen-bond acceptors (Lipinski definition) is 3. The number of rotatable bonds is 2. The van der Waals surface area contributed by atoms with Gasteiger partial charge >= 0.3 is 0 Å². The van der Waals surface area contributed by atoms with Gasteiger partial charge in [-0.15, -0.1) is 0 Å². The second-order valence-electron chi connectivity index (χ2n) is 2.59. The van der Waals surface area contributed by atoms with Gasteiger partial charge in [0.2, 0.25) is 0 Å². The maximum absolute atomic E-state index is 10.7. The number of benzene rings is 1. The number of carbonyl (C=O) groups excluding carboxylic acids is 1. The Balaban J connectivity index is 3.26. The second-order valence-corrected chi connectivity index (χ2v) is 2.93. The summed E-state index contributed by atoms with van der Waals surface area (Å²) in [4.78, 5) is 20.5. The van der Waals surface area contributed by atoms with Crippen LogP contribution in [0.2, 0.25) is 0 Å². The first kappa shape index (κ1) is 9.67. The third kappa shape index (κ3) is 2.26. The van der Waals surface area contributed by atoms with Crippen molar-refractivity contribution in [1.82, 2.24) is 0 Å². The Labute approximate surface area is 79.3 Å². The molecule has 0 spiro atoms. The molecular formula is C8H6ClNO3. The number of aryl methyl sites for hydroxylation is 1. The largest absolute Gasteiger partial charge is 0.276 e. The smallest absolute Gasteiger partial charge is 0.270 e. The van der Waals surface area contributed by atoms with Gasteiger partial charge in [0.15, 0.2) is 0 Å². The molecular weight excluding hydrogens is 194 g/mol. The average molecular weight is 200 g/mol. The fraction of sp³-hybridized carbons (Fsp3) is 0.125. The van der Waals surface area contributed by atoms with Crippen LogP contribution in [0.15, 0.2) is 18.2 Å². The van der Waals surface area contributed by atoms with Crippen LogP contribution in [0.3, 0.4) is 0 Å². The Morgan fingerprint density at radius 3 is 2.54 bits per heavy atom. The number of carbonyl (C=O) groups is 1. The van der Waals surface area contributed by atoms with E-state index < -0.39 is 10.2 Å². The van der Waals surface area contributed by atoms with E-state index in [1.54, 1.807) is 6.92 Å². The van der Waals surface area contributed by atoms with Crippen molar-refractivity contribution in [2.24, 2.45) is 0 Å². The highest BCUT2D eigenvalue weighted by molar-refractivity contribution is 6.67. The Hall–Kier alpha value is -1.42. The zero-order valence-corrected chi connectivity index (χ0v) is 7.54. The molecule has 5 heteroatoms. The Morgan fingerprint density at radius 1 is 1.46 bits per heavy atom. The van der Waals surface area contributed by atoms with Crippen molar-refractivity contribution in [3.05, 3.63) is 39.4 Å². The van der Waals surface area contributed by atoms with Crippen LogP contribution in [0.4, 0.5) is 5.69 Å². The minimum absolute atomic E-state index is 0.121. The fourth-order valence-electron chi connectivity index (χ4n) is 0.982. The van der Waals surface area contributed by atoms with Crippen molar-refractivity contribution in [1.29, 1.82) is 0 Å². The molecule has 0 fully saturated rings. The van der Waals surface area contributed by atoms with Crippen LogP contribution in [0.5, 0.6) is 0 Å².